The van der Waals surface area contributed by atoms with Crippen LogP contribution in [0.1, 0.15) is 309 Å². The number of nitrogens with one attached hydrogen (secondary N) is 1. The van der Waals surface area contributed by atoms with Gasteiger partial charge in [0.15, 0.2) is 6.29 Å². The summed E-state index contributed by atoms with van der Waals surface area (Å²) in [7, 11) is 0. The first-order valence-corrected chi connectivity index (χ1v) is 34.1. The van der Waals surface area contributed by atoms with Crippen molar-refractivity contribution in [3.05, 3.63) is 60.8 Å². The highest BCUT2D eigenvalue weighted by atomic mass is 16.7. The van der Waals surface area contributed by atoms with Crippen LogP contribution < -0.4 is 5.32 Å². The maximum Gasteiger partial charge on any atom is 0.305 e. The second kappa shape index (κ2) is 59.1. The van der Waals surface area contributed by atoms with Gasteiger partial charge in [-0.1, -0.05) is 254 Å². The number of hydrogen-bond donors (Lipinski definition) is 6. The quantitative estimate of drug-likeness (QED) is 0.0195. The zero-order chi connectivity index (χ0) is 58.7. The standard InChI is InChI=1S/C70H127NO10/c1-3-5-7-9-11-13-15-17-33-36-40-44-48-52-56-63(73)62(61-80-70-69(78)68(77)67(76)64(60-72)81-70)71-65(74)57-53-49-45-41-37-34-31-29-27-25-23-21-19-18-20-22-24-26-28-30-32-35-39-43-47-51-55-59-79-66(75)58-54-50-46-42-38-16-14-12-10-8-6-4-2/h12,14,18-19,22,24,36,40,52,56,62-64,67-70,72-73,76-78H,3-11,13,15-17,20-21,23,25-35,37-39,41-51,53-55,57-61H2,1-2H3,(H,71,74)/b14-12-,19-18-,24-22-,40-36+,56-52+. The highest BCUT2D eigenvalue weighted by molar-refractivity contribution is 5.76. The van der Waals surface area contributed by atoms with Crippen LogP contribution in [-0.2, 0) is 23.8 Å². The summed E-state index contributed by atoms with van der Waals surface area (Å²) in [5, 5.41) is 54.5. The number of carbonyl (C=O) groups excluding carboxylic acids is 2. The zero-order valence-electron chi connectivity index (χ0n) is 52.2. The van der Waals surface area contributed by atoms with Crippen LogP contribution >= 0.6 is 0 Å². The van der Waals surface area contributed by atoms with Crippen molar-refractivity contribution in [1.29, 1.82) is 0 Å². The number of aliphatic hydroxyl groups excluding tert-OH is 5. The molecule has 7 atom stereocenters. The van der Waals surface area contributed by atoms with Crippen LogP contribution in [0.5, 0.6) is 0 Å². The van der Waals surface area contributed by atoms with Crippen molar-refractivity contribution in [1.82, 2.24) is 5.32 Å². The van der Waals surface area contributed by atoms with E-state index in [4.69, 9.17) is 14.2 Å². The van der Waals surface area contributed by atoms with Crippen LogP contribution in [0.3, 0.4) is 0 Å². The molecule has 0 spiro atoms. The van der Waals surface area contributed by atoms with Crippen LogP contribution in [0.4, 0.5) is 0 Å². The lowest BCUT2D eigenvalue weighted by molar-refractivity contribution is -0.302. The normalized spacial score (nSPS) is 18.6. The Labute approximate surface area is 497 Å². The fourth-order valence-electron chi connectivity index (χ4n) is 10.4. The summed E-state index contributed by atoms with van der Waals surface area (Å²) < 4.78 is 16.7. The second-order valence-electron chi connectivity index (χ2n) is 23.5. The molecule has 1 heterocycles. The van der Waals surface area contributed by atoms with Crippen molar-refractivity contribution < 1.29 is 49.3 Å². The fraction of sp³-hybridized carbons (Fsp3) is 0.829. The molecule has 1 aliphatic rings. The van der Waals surface area contributed by atoms with E-state index in [-0.39, 0.29) is 18.5 Å². The molecular formula is C70H127NO10. The Morgan fingerprint density at radius 2 is 0.840 bits per heavy atom. The first-order chi connectivity index (χ1) is 39.7. The molecule has 1 aliphatic heterocycles. The minimum absolute atomic E-state index is 0.00975. The summed E-state index contributed by atoms with van der Waals surface area (Å²) in [6, 6.07) is -0.831. The Balaban J connectivity index is 2.04. The number of aliphatic hydroxyl groups is 5. The van der Waals surface area contributed by atoms with Gasteiger partial charge in [0.2, 0.25) is 5.91 Å². The topological polar surface area (TPSA) is 175 Å². The van der Waals surface area contributed by atoms with E-state index in [1.807, 2.05) is 6.08 Å². The maximum atomic E-state index is 13.1. The lowest BCUT2D eigenvalue weighted by Crippen LogP contribution is -2.60. The molecule has 1 amide bonds. The molecule has 81 heavy (non-hydrogen) atoms. The zero-order valence-corrected chi connectivity index (χ0v) is 52.2. The molecule has 11 nitrogen and oxygen atoms in total. The summed E-state index contributed by atoms with van der Waals surface area (Å²) in [6.45, 7) is 4.31. The molecule has 0 saturated carbocycles. The summed E-state index contributed by atoms with van der Waals surface area (Å²) in [5.74, 6) is -0.205. The van der Waals surface area contributed by atoms with Gasteiger partial charge in [0.1, 0.15) is 24.4 Å². The van der Waals surface area contributed by atoms with Gasteiger partial charge in [0, 0.05) is 12.8 Å². The van der Waals surface area contributed by atoms with E-state index in [0.29, 0.717) is 19.4 Å². The molecule has 0 radical (unpaired) electrons. The van der Waals surface area contributed by atoms with Crippen molar-refractivity contribution in [3.63, 3.8) is 0 Å². The van der Waals surface area contributed by atoms with Crippen molar-refractivity contribution in [2.75, 3.05) is 19.8 Å². The molecule has 11 heteroatoms. The van der Waals surface area contributed by atoms with Crippen molar-refractivity contribution in [2.45, 2.75) is 352 Å². The first-order valence-electron chi connectivity index (χ1n) is 34.1. The molecule has 7 unspecified atom stereocenters. The predicted octanol–water partition coefficient (Wildman–Crippen LogP) is 17.0. The van der Waals surface area contributed by atoms with Crippen molar-refractivity contribution in [2.24, 2.45) is 0 Å². The van der Waals surface area contributed by atoms with Gasteiger partial charge in [-0.25, -0.2) is 0 Å². The number of carbonyl (C=O) groups is 2. The van der Waals surface area contributed by atoms with E-state index in [9.17, 15) is 35.1 Å². The molecular weight excluding hydrogens is 1010 g/mol. The number of unbranched alkanes of at least 4 members (excludes halogenated alkanes) is 37. The summed E-state index contributed by atoms with van der Waals surface area (Å²) in [6.07, 6.45) is 67.6. The molecule has 1 rings (SSSR count). The maximum absolute atomic E-state index is 13.1. The van der Waals surface area contributed by atoms with Crippen molar-refractivity contribution in [3.8, 4) is 0 Å². The van der Waals surface area contributed by atoms with Gasteiger partial charge < -0.3 is 45.1 Å². The third-order valence-electron chi connectivity index (χ3n) is 15.8. The lowest BCUT2D eigenvalue weighted by Gasteiger charge is -2.40. The Bertz CT molecular complexity index is 1530. The van der Waals surface area contributed by atoms with Gasteiger partial charge in [-0.15, -0.1) is 0 Å². The van der Waals surface area contributed by atoms with Gasteiger partial charge in [-0.3, -0.25) is 9.59 Å². The van der Waals surface area contributed by atoms with Gasteiger partial charge in [0.05, 0.1) is 32.0 Å². The first kappa shape index (κ1) is 76.4. The molecule has 1 fully saturated rings. The molecule has 6 N–H and O–H groups in total. The van der Waals surface area contributed by atoms with Gasteiger partial charge in [0.25, 0.3) is 0 Å². The van der Waals surface area contributed by atoms with Crippen LogP contribution in [0.2, 0.25) is 0 Å². The van der Waals surface area contributed by atoms with Gasteiger partial charge in [-0.2, -0.15) is 0 Å². The molecule has 1 saturated heterocycles. The van der Waals surface area contributed by atoms with Crippen LogP contribution in [0.25, 0.3) is 0 Å². The molecule has 0 aliphatic carbocycles. The van der Waals surface area contributed by atoms with E-state index in [2.05, 4.69) is 67.8 Å². The third kappa shape index (κ3) is 48.3. The average molecular weight is 1140 g/mol. The predicted molar refractivity (Wildman–Crippen MR) is 338 cm³/mol. The largest absolute Gasteiger partial charge is 0.466 e. The summed E-state index contributed by atoms with van der Waals surface area (Å²) in [4.78, 5) is 25.1. The third-order valence-corrected chi connectivity index (χ3v) is 15.8. The number of hydrogen-bond acceptors (Lipinski definition) is 10. The smallest absolute Gasteiger partial charge is 0.305 e. The van der Waals surface area contributed by atoms with E-state index >= 15 is 0 Å². The van der Waals surface area contributed by atoms with E-state index < -0.39 is 49.5 Å². The number of amides is 1. The van der Waals surface area contributed by atoms with Gasteiger partial charge in [-0.05, 0) is 103 Å². The number of rotatable bonds is 59. The number of esters is 1. The number of ether oxygens (including phenoxy) is 3. The molecule has 0 aromatic carbocycles. The molecule has 0 aromatic heterocycles. The van der Waals surface area contributed by atoms with E-state index in [1.165, 1.54) is 205 Å². The van der Waals surface area contributed by atoms with Crippen molar-refractivity contribution >= 4 is 11.9 Å². The average Bonchev–Trinajstić information content (AvgIpc) is 3.51. The van der Waals surface area contributed by atoms with Crippen LogP contribution in [0.15, 0.2) is 60.8 Å². The van der Waals surface area contributed by atoms with E-state index in [1.54, 1.807) is 6.08 Å². The van der Waals surface area contributed by atoms with Crippen LogP contribution in [0, 0.1) is 0 Å². The van der Waals surface area contributed by atoms with Gasteiger partial charge >= 0.3 is 5.97 Å². The molecule has 0 aromatic rings. The number of allylic oxidation sites excluding steroid dienone is 9. The Kier molecular flexibility index (Phi) is 55.7. The minimum atomic E-state index is -1.58. The monoisotopic (exact) mass is 1140 g/mol. The Morgan fingerprint density at radius 3 is 1.32 bits per heavy atom. The molecule has 472 valence electrons. The summed E-state index contributed by atoms with van der Waals surface area (Å²) >= 11 is 0. The fourth-order valence-corrected chi connectivity index (χ4v) is 10.4. The van der Waals surface area contributed by atoms with E-state index in [0.717, 1.165) is 77.0 Å². The Hall–Kier alpha value is -2.64. The Morgan fingerprint density at radius 1 is 0.457 bits per heavy atom. The second-order valence-corrected chi connectivity index (χ2v) is 23.5. The molecule has 0 bridgehead atoms. The lowest BCUT2D eigenvalue weighted by atomic mass is 9.99. The highest BCUT2D eigenvalue weighted by Crippen LogP contribution is 2.23. The van der Waals surface area contributed by atoms with Crippen LogP contribution in [-0.4, -0.2) is 100 Å². The minimum Gasteiger partial charge on any atom is -0.466 e. The summed E-state index contributed by atoms with van der Waals surface area (Å²) in [5.41, 5.74) is 0. The SMILES string of the molecule is CCCCC/C=C\CCCCCCCC(=O)OCCCCCCCCCCC/C=C\C/C=C\CCCCCCCCCCCCCC(=O)NC(COC1OC(CO)C(O)C(O)C1O)C(O)/C=C/CC/C=C/CCCCCCCCCC. The highest BCUT2D eigenvalue weighted by Gasteiger charge is 2.44.